The number of likely N-dealkylation sites (N-methyl/N-ethyl adjacent to an activating group) is 1. The summed E-state index contributed by atoms with van der Waals surface area (Å²) in [6.45, 7) is 2.32. The summed E-state index contributed by atoms with van der Waals surface area (Å²) in [7, 11) is 0. The third kappa shape index (κ3) is 3.08. The third-order valence-corrected chi connectivity index (χ3v) is 2.75. The first kappa shape index (κ1) is 13.5. The Hall–Kier alpha value is -1.95. The van der Waals surface area contributed by atoms with E-state index >= 15 is 0 Å². The van der Waals surface area contributed by atoms with Gasteiger partial charge < -0.3 is 20.1 Å². The van der Waals surface area contributed by atoms with Crippen molar-refractivity contribution in [3.63, 3.8) is 0 Å². The molecule has 0 saturated heterocycles. The van der Waals surface area contributed by atoms with Gasteiger partial charge in [-0.25, -0.2) is 0 Å². The van der Waals surface area contributed by atoms with E-state index < -0.39 is 5.91 Å². The summed E-state index contributed by atoms with van der Waals surface area (Å²) in [6, 6.07) is 3.00. The number of ether oxygens (including phenoxy) is 2. The molecule has 6 nitrogen and oxygen atoms in total. The number of nitrogens with one attached hydrogen (secondary N) is 2. The van der Waals surface area contributed by atoms with Crippen molar-refractivity contribution >= 4 is 23.4 Å². The van der Waals surface area contributed by atoms with Crippen LogP contribution in [0.3, 0.4) is 0 Å². The molecular formula is C12H13ClN2O4. The van der Waals surface area contributed by atoms with Crippen LogP contribution in [0, 0.1) is 0 Å². The molecule has 7 heteroatoms. The maximum Gasteiger partial charge on any atom is 0.251 e. The topological polar surface area (TPSA) is 76.7 Å². The molecular weight excluding hydrogens is 272 g/mol. The van der Waals surface area contributed by atoms with Gasteiger partial charge in [0.05, 0.1) is 11.6 Å². The van der Waals surface area contributed by atoms with Crippen molar-refractivity contribution in [2.24, 2.45) is 0 Å². The van der Waals surface area contributed by atoms with Crippen LogP contribution >= 0.6 is 11.6 Å². The lowest BCUT2D eigenvalue weighted by Gasteiger charge is -2.07. The number of hydrogen-bond acceptors (Lipinski definition) is 4. The van der Waals surface area contributed by atoms with Crippen molar-refractivity contribution in [3.8, 4) is 11.5 Å². The summed E-state index contributed by atoms with van der Waals surface area (Å²) in [5.74, 6) is 0.215. The van der Waals surface area contributed by atoms with Gasteiger partial charge in [-0.3, -0.25) is 9.59 Å². The van der Waals surface area contributed by atoms with Gasteiger partial charge >= 0.3 is 0 Å². The Balaban J connectivity index is 2.04. The normalized spacial score (nSPS) is 12.1. The predicted octanol–water partition coefficient (Wildman–Crippen LogP) is 0.935. The van der Waals surface area contributed by atoms with E-state index in [1.807, 2.05) is 0 Å². The van der Waals surface area contributed by atoms with E-state index in [2.05, 4.69) is 10.6 Å². The summed E-state index contributed by atoms with van der Waals surface area (Å²) in [6.07, 6.45) is 0. The van der Waals surface area contributed by atoms with E-state index in [9.17, 15) is 9.59 Å². The molecule has 0 saturated carbocycles. The van der Waals surface area contributed by atoms with Gasteiger partial charge in [-0.1, -0.05) is 11.6 Å². The molecule has 2 rings (SSSR count). The standard InChI is InChI=1S/C12H13ClN2O4/c1-2-14-10(16)5-15-12(17)7-3-8(13)11-9(4-7)18-6-19-11/h3-4H,2,5-6H2,1H3,(H,14,16)(H,15,17). The molecule has 1 aromatic rings. The molecule has 2 N–H and O–H groups in total. The maximum absolute atomic E-state index is 11.9. The minimum Gasteiger partial charge on any atom is -0.454 e. The molecule has 0 unspecified atom stereocenters. The minimum atomic E-state index is -0.397. The second kappa shape index (κ2) is 5.79. The van der Waals surface area contributed by atoms with Gasteiger partial charge in [-0.05, 0) is 19.1 Å². The highest BCUT2D eigenvalue weighted by Crippen LogP contribution is 2.39. The fourth-order valence-corrected chi connectivity index (χ4v) is 1.89. The largest absolute Gasteiger partial charge is 0.454 e. The highest BCUT2D eigenvalue weighted by Gasteiger charge is 2.20. The van der Waals surface area contributed by atoms with Gasteiger partial charge in [0.15, 0.2) is 11.5 Å². The minimum absolute atomic E-state index is 0.0824. The lowest BCUT2D eigenvalue weighted by Crippen LogP contribution is -2.36. The molecule has 1 aromatic carbocycles. The Kier molecular flexibility index (Phi) is 4.11. The molecule has 0 fully saturated rings. The summed E-state index contributed by atoms with van der Waals surface area (Å²) in [4.78, 5) is 23.1. The van der Waals surface area contributed by atoms with Crippen molar-refractivity contribution in [2.45, 2.75) is 6.92 Å². The fourth-order valence-electron chi connectivity index (χ4n) is 1.62. The number of amides is 2. The second-order valence-electron chi connectivity index (χ2n) is 3.83. The number of halogens is 1. The van der Waals surface area contributed by atoms with E-state index in [1.165, 1.54) is 12.1 Å². The van der Waals surface area contributed by atoms with Gasteiger partial charge in [0.2, 0.25) is 12.7 Å². The Labute approximate surface area is 115 Å². The lowest BCUT2D eigenvalue weighted by molar-refractivity contribution is -0.120. The van der Waals surface area contributed by atoms with Crippen LogP contribution in [0.25, 0.3) is 0 Å². The fraction of sp³-hybridized carbons (Fsp3) is 0.333. The zero-order valence-electron chi connectivity index (χ0n) is 10.3. The predicted molar refractivity (Wildman–Crippen MR) is 68.6 cm³/mol. The van der Waals surface area contributed by atoms with Gasteiger partial charge in [0.25, 0.3) is 5.91 Å². The first-order valence-electron chi connectivity index (χ1n) is 5.76. The van der Waals surface area contributed by atoms with Gasteiger partial charge in [0.1, 0.15) is 0 Å². The first-order valence-corrected chi connectivity index (χ1v) is 6.13. The highest BCUT2D eigenvalue weighted by atomic mass is 35.5. The molecule has 1 aliphatic heterocycles. The molecule has 0 radical (unpaired) electrons. The van der Waals surface area contributed by atoms with E-state index in [1.54, 1.807) is 6.92 Å². The van der Waals surface area contributed by atoms with Crippen LogP contribution in [0.4, 0.5) is 0 Å². The number of hydrogen-bond donors (Lipinski definition) is 2. The Morgan fingerprint density at radius 3 is 2.84 bits per heavy atom. The van der Waals surface area contributed by atoms with Gasteiger partial charge in [0, 0.05) is 12.1 Å². The summed E-state index contributed by atoms with van der Waals surface area (Å²) in [5.41, 5.74) is 0.318. The molecule has 19 heavy (non-hydrogen) atoms. The summed E-state index contributed by atoms with van der Waals surface area (Å²) in [5, 5.41) is 5.38. The van der Waals surface area contributed by atoms with E-state index in [0.29, 0.717) is 28.6 Å². The molecule has 0 aromatic heterocycles. The van der Waals surface area contributed by atoms with E-state index in [-0.39, 0.29) is 19.2 Å². The van der Waals surface area contributed by atoms with Crippen LogP contribution in [0.2, 0.25) is 5.02 Å². The van der Waals surface area contributed by atoms with E-state index in [4.69, 9.17) is 21.1 Å². The van der Waals surface area contributed by atoms with E-state index in [0.717, 1.165) is 0 Å². The van der Waals surface area contributed by atoms with Crippen molar-refractivity contribution in [1.29, 1.82) is 0 Å². The lowest BCUT2D eigenvalue weighted by atomic mass is 10.2. The molecule has 2 amide bonds. The smallest absolute Gasteiger partial charge is 0.251 e. The molecule has 102 valence electrons. The summed E-state index contributed by atoms with van der Waals surface area (Å²) < 4.78 is 10.3. The average Bonchev–Trinajstić information content (AvgIpc) is 2.85. The zero-order chi connectivity index (χ0) is 13.8. The van der Waals surface area contributed by atoms with Crippen LogP contribution in [0.5, 0.6) is 11.5 Å². The van der Waals surface area contributed by atoms with Crippen LogP contribution in [0.1, 0.15) is 17.3 Å². The second-order valence-corrected chi connectivity index (χ2v) is 4.24. The molecule has 1 heterocycles. The number of rotatable bonds is 4. The molecule has 0 bridgehead atoms. The maximum atomic E-state index is 11.9. The quantitative estimate of drug-likeness (QED) is 0.862. The van der Waals surface area contributed by atoms with Gasteiger partial charge in [-0.2, -0.15) is 0 Å². The monoisotopic (exact) mass is 284 g/mol. The molecule has 0 atom stereocenters. The van der Waals surface area contributed by atoms with Crippen LogP contribution in [-0.4, -0.2) is 31.7 Å². The third-order valence-electron chi connectivity index (χ3n) is 2.47. The Bertz CT molecular complexity index is 519. The molecule has 0 spiro atoms. The number of carbonyl (C=O) groups excluding carboxylic acids is 2. The van der Waals surface area contributed by atoms with Gasteiger partial charge in [-0.15, -0.1) is 0 Å². The number of benzene rings is 1. The first-order chi connectivity index (χ1) is 9.11. The number of fused-ring (bicyclic) bond motifs is 1. The summed E-state index contributed by atoms with van der Waals surface area (Å²) >= 11 is 5.97. The highest BCUT2D eigenvalue weighted by molar-refractivity contribution is 6.32. The van der Waals surface area contributed by atoms with Crippen molar-refractivity contribution < 1.29 is 19.1 Å². The van der Waals surface area contributed by atoms with Crippen LogP contribution in [0.15, 0.2) is 12.1 Å². The molecule has 0 aliphatic carbocycles. The van der Waals surface area contributed by atoms with Crippen molar-refractivity contribution in [1.82, 2.24) is 10.6 Å². The molecule has 1 aliphatic rings. The Morgan fingerprint density at radius 1 is 1.32 bits per heavy atom. The SMILES string of the molecule is CCNC(=O)CNC(=O)c1cc(Cl)c2c(c1)OCO2. The number of carbonyl (C=O) groups is 2. The van der Waals surface area contributed by atoms with Crippen molar-refractivity contribution in [3.05, 3.63) is 22.7 Å². The Morgan fingerprint density at radius 2 is 2.11 bits per heavy atom. The van der Waals surface area contributed by atoms with Crippen molar-refractivity contribution in [2.75, 3.05) is 19.9 Å². The van der Waals surface area contributed by atoms with Crippen LogP contribution in [-0.2, 0) is 4.79 Å². The van der Waals surface area contributed by atoms with Crippen LogP contribution < -0.4 is 20.1 Å². The zero-order valence-corrected chi connectivity index (χ0v) is 11.0. The average molecular weight is 285 g/mol.